The molecule has 0 bridgehead atoms. The van der Waals surface area contributed by atoms with Crippen LogP contribution in [0, 0.1) is 0 Å². The van der Waals surface area contributed by atoms with Gasteiger partial charge < -0.3 is 16.4 Å². The molecule has 19 heavy (non-hydrogen) atoms. The molecule has 1 aliphatic rings. The number of amides is 1. The van der Waals surface area contributed by atoms with E-state index < -0.39 is 11.4 Å². The van der Waals surface area contributed by atoms with Crippen molar-refractivity contribution in [2.24, 2.45) is 11.5 Å². The molecule has 1 aliphatic heterocycles. The van der Waals surface area contributed by atoms with E-state index in [4.69, 9.17) is 11.5 Å². The van der Waals surface area contributed by atoms with Crippen LogP contribution in [0.15, 0.2) is 30.3 Å². The number of carbonyl (C=O) groups is 1. The quantitative estimate of drug-likeness (QED) is 0.772. The second kappa shape index (κ2) is 5.69. The first-order valence-corrected chi connectivity index (χ1v) is 6.57. The summed E-state index contributed by atoms with van der Waals surface area (Å²) in [5.74, 6) is -0.474. The number of hydrogen-bond acceptors (Lipinski definition) is 4. The van der Waals surface area contributed by atoms with Crippen LogP contribution in [0.3, 0.4) is 0 Å². The molecule has 1 unspecified atom stereocenters. The average Bonchev–Trinajstić information content (AvgIpc) is 2.42. The monoisotopic (exact) mass is 262 g/mol. The van der Waals surface area contributed by atoms with Gasteiger partial charge in [-0.25, -0.2) is 0 Å². The van der Waals surface area contributed by atoms with Crippen LogP contribution in [0.2, 0.25) is 0 Å². The molecule has 0 spiro atoms. The Labute approximate surface area is 114 Å². The summed E-state index contributed by atoms with van der Waals surface area (Å²) in [6.07, 6.45) is 0. The van der Waals surface area contributed by atoms with E-state index in [1.807, 2.05) is 30.3 Å². The van der Waals surface area contributed by atoms with Crippen molar-refractivity contribution in [1.82, 2.24) is 9.80 Å². The van der Waals surface area contributed by atoms with Crippen molar-refractivity contribution in [3.05, 3.63) is 35.9 Å². The molecule has 0 aromatic heterocycles. The standard InChI is InChI=1S/C14H22N4O/c1-17-7-9-18(10-8-17)11-14(16,13(15)19)12-5-3-2-4-6-12/h2-6H,7-11,16H2,1H3,(H2,15,19). The first-order chi connectivity index (χ1) is 9.02. The summed E-state index contributed by atoms with van der Waals surface area (Å²) in [6, 6.07) is 9.39. The van der Waals surface area contributed by atoms with E-state index in [2.05, 4.69) is 16.8 Å². The van der Waals surface area contributed by atoms with Crippen molar-refractivity contribution < 1.29 is 4.79 Å². The summed E-state index contributed by atoms with van der Waals surface area (Å²) in [4.78, 5) is 16.3. The van der Waals surface area contributed by atoms with Crippen molar-refractivity contribution in [2.75, 3.05) is 39.8 Å². The van der Waals surface area contributed by atoms with Crippen LogP contribution in [0.1, 0.15) is 5.56 Å². The molecule has 1 fully saturated rings. The fourth-order valence-electron chi connectivity index (χ4n) is 2.41. The largest absolute Gasteiger partial charge is 0.368 e. The smallest absolute Gasteiger partial charge is 0.243 e. The number of primary amides is 1. The first-order valence-electron chi connectivity index (χ1n) is 6.57. The molecule has 104 valence electrons. The maximum atomic E-state index is 11.8. The molecule has 1 aromatic rings. The Hall–Kier alpha value is -1.43. The maximum Gasteiger partial charge on any atom is 0.243 e. The molecule has 4 N–H and O–H groups in total. The van der Waals surface area contributed by atoms with E-state index in [0.29, 0.717) is 6.54 Å². The predicted octanol–water partition coefficient (Wildman–Crippen LogP) is -0.427. The highest BCUT2D eigenvalue weighted by atomic mass is 16.1. The lowest BCUT2D eigenvalue weighted by atomic mass is 9.89. The van der Waals surface area contributed by atoms with Gasteiger partial charge >= 0.3 is 0 Å². The zero-order chi connectivity index (χ0) is 13.9. The maximum absolute atomic E-state index is 11.8. The number of likely N-dealkylation sites (N-methyl/N-ethyl adjacent to an activating group) is 1. The summed E-state index contributed by atoms with van der Waals surface area (Å²) < 4.78 is 0. The molecule has 0 aliphatic carbocycles. The molecular weight excluding hydrogens is 240 g/mol. The SMILES string of the molecule is CN1CCN(CC(N)(C(N)=O)c2ccccc2)CC1. The molecule has 1 amide bonds. The Morgan fingerprint density at radius 1 is 1.21 bits per heavy atom. The van der Waals surface area contributed by atoms with Crippen LogP contribution < -0.4 is 11.5 Å². The number of nitrogens with two attached hydrogens (primary N) is 2. The van der Waals surface area contributed by atoms with Crippen molar-refractivity contribution >= 4 is 5.91 Å². The summed E-state index contributed by atoms with van der Waals surface area (Å²) in [5, 5.41) is 0. The normalized spacial score (nSPS) is 20.9. The third-order valence-electron chi connectivity index (χ3n) is 3.80. The number of carbonyl (C=O) groups excluding carboxylic acids is 1. The molecule has 1 aromatic carbocycles. The molecule has 1 heterocycles. The van der Waals surface area contributed by atoms with Gasteiger partial charge in [-0.2, -0.15) is 0 Å². The number of benzene rings is 1. The Bertz CT molecular complexity index is 428. The van der Waals surface area contributed by atoms with Crippen molar-refractivity contribution in [3.8, 4) is 0 Å². The van der Waals surface area contributed by atoms with Gasteiger partial charge in [0.1, 0.15) is 5.54 Å². The van der Waals surface area contributed by atoms with Gasteiger partial charge in [0.05, 0.1) is 0 Å². The van der Waals surface area contributed by atoms with E-state index in [1.165, 1.54) is 0 Å². The van der Waals surface area contributed by atoms with Gasteiger partial charge in [-0.05, 0) is 12.6 Å². The molecule has 1 saturated heterocycles. The molecule has 1 atom stereocenters. The molecular formula is C14H22N4O. The van der Waals surface area contributed by atoms with Gasteiger partial charge in [0, 0.05) is 32.7 Å². The van der Waals surface area contributed by atoms with Crippen LogP contribution >= 0.6 is 0 Å². The van der Waals surface area contributed by atoms with Crippen LogP contribution in [0.25, 0.3) is 0 Å². The molecule has 5 nitrogen and oxygen atoms in total. The lowest BCUT2D eigenvalue weighted by Crippen LogP contribution is -2.58. The van der Waals surface area contributed by atoms with Gasteiger partial charge in [0.2, 0.25) is 5.91 Å². The minimum atomic E-state index is -1.11. The third-order valence-corrected chi connectivity index (χ3v) is 3.80. The van der Waals surface area contributed by atoms with E-state index in [0.717, 1.165) is 31.7 Å². The molecule has 0 radical (unpaired) electrons. The number of rotatable bonds is 4. The average molecular weight is 262 g/mol. The fraction of sp³-hybridized carbons (Fsp3) is 0.500. The third kappa shape index (κ3) is 3.12. The molecule has 2 rings (SSSR count). The Morgan fingerprint density at radius 3 is 2.32 bits per heavy atom. The molecule has 5 heteroatoms. The summed E-state index contributed by atoms with van der Waals surface area (Å²) in [7, 11) is 2.10. The van der Waals surface area contributed by atoms with Crippen LogP contribution in [-0.2, 0) is 10.3 Å². The lowest BCUT2D eigenvalue weighted by Gasteiger charge is -2.37. The van der Waals surface area contributed by atoms with E-state index in [1.54, 1.807) is 0 Å². The first kappa shape index (κ1) is 14.0. The highest BCUT2D eigenvalue weighted by Crippen LogP contribution is 2.20. The Balaban J connectivity index is 2.14. The van der Waals surface area contributed by atoms with Gasteiger partial charge in [0.25, 0.3) is 0 Å². The van der Waals surface area contributed by atoms with Crippen LogP contribution in [0.4, 0.5) is 0 Å². The summed E-state index contributed by atoms with van der Waals surface area (Å²) in [5.41, 5.74) is 11.5. The summed E-state index contributed by atoms with van der Waals surface area (Å²) in [6.45, 7) is 4.28. The second-order valence-corrected chi connectivity index (χ2v) is 5.28. The highest BCUT2D eigenvalue weighted by molar-refractivity contribution is 5.86. The number of hydrogen-bond donors (Lipinski definition) is 2. The van der Waals surface area contributed by atoms with E-state index >= 15 is 0 Å². The Morgan fingerprint density at radius 2 is 1.79 bits per heavy atom. The minimum Gasteiger partial charge on any atom is -0.368 e. The van der Waals surface area contributed by atoms with Crippen LogP contribution in [0.5, 0.6) is 0 Å². The molecule has 0 saturated carbocycles. The topological polar surface area (TPSA) is 75.6 Å². The summed E-state index contributed by atoms with van der Waals surface area (Å²) >= 11 is 0. The van der Waals surface area contributed by atoms with E-state index in [9.17, 15) is 4.79 Å². The van der Waals surface area contributed by atoms with Gasteiger partial charge in [0.15, 0.2) is 0 Å². The van der Waals surface area contributed by atoms with Crippen molar-refractivity contribution in [3.63, 3.8) is 0 Å². The van der Waals surface area contributed by atoms with E-state index in [-0.39, 0.29) is 0 Å². The van der Waals surface area contributed by atoms with Gasteiger partial charge in [-0.15, -0.1) is 0 Å². The lowest BCUT2D eigenvalue weighted by molar-refractivity contribution is -0.124. The minimum absolute atomic E-state index is 0.472. The van der Waals surface area contributed by atoms with Crippen molar-refractivity contribution in [2.45, 2.75) is 5.54 Å². The van der Waals surface area contributed by atoms with Crippen LogP contribution in [-0.4, -0.2) is 55.5 Å². The Kier molecular flexibility index (Phi) is 4.19. The highest BCUT2D eigenvalue weighted by Gasteiger charge is 2.36. The zero-order valence-electron chi connectivity index (χ0n) is 11.4. The van der Waals surface area contributed by atoms with Gasteiger partial charge in [-0.1, -0.05) is 30.3 Å². The fourth-order valence-corrected chi connectivity index (χ4v) is 2.41. The predicted molar refractivity (Wildman–Crippen MR) is 75.4 cm³/mol. The number of nitrogens with zero attached hydrogens (tertiary/aromatic N) is 2. The van der Waals surface area contributed by atoms with Crippen molar-refractivity contribution in [1.29, 1.82) is 0 Å². The second-order valence-electron chi connectivity index (χ2n) is 5.28. The number of piperazine rings is 1. The zero-order valence-corrected chi connectivity index (χ0v) is 11.4. The van der Waals surface area contributed by atoms with Gasteiger partial charge in [-0.3, -0.25) is 9.69 Å².